The maximum atomic E-state index is 12.1. The van der Waals surface area contributed by atoms with Crippen molar-refractivity contribution in [2.75, 3.05) is 0 Å². The second-order valence-electron chi connectivity index (χ2n) is 3.88. The van der Waals surface area contributed by atoms with E-state index in [-0.39, 0.29) is 5.56 Å². The van der Waals surface area contributed by atoms with Gasteiger partial charge in [0.1, 0.15) is 0 Å². The minimum Gasteiger partial charge on any atom is -0.282 e. The van der Waals surface area contributed by atoms with Gasteiger partial charge in [-0.25, -0.2) is 4.68 Å². The Morgan fingerprint density at radius 1 is 1.12 bits per heavy atom. The summed E-state index contributed by atoms with van der Waals surface area (Å²) >= 11 is 0. The molecule has 2 rings (SSSR count). The van der Waals surface area contributed by atoms with Gasteiger partial charge >= 0.3 is 0 Å². The highest BCUT2D eigenvalue weighted by atomic mass is 16.1. The van der Waals surface area contributed by atoms with Gasteiger partial charge in [0.05, 0.1) is 5.69 Å². The highest BCUT2D eigenvalue weighted by molar-refractivity contribution is 5.33. The topological polar surface area (TPSA) is 26.9 Å². The van der Waals surface area contributed by atoms with Gasteiger partial charge in [-0.05, 0) is 32.9 Å². The van der Waals surface area contributed by atoms with Gasteiger partial charge in [0.15, 0.2) is 0 Å². The van der Waals surface area contributed by atoms with E-state index >= 15 is 0 Å². The summed E-state index contributed by atoms with van der Waals surface area (Å²) in [5, 5.41) is 0. The van der Waals surface area contributed by atoms with E-state index in [1.54, 1.807) is 4.68 Å². The highest BCUT2D eigenvalue weighted by Gasteiger charge is 2.12. The third kappa shape index (κ3) is 1.48. The number of benzene rings is 1. The van der Waals surface area contributed by atoms with Crippen molar-refractivity contribution in [2.45, 2.75) is 27.3 Å². The van der Waals surface area contributed by atoms with E-state index in [9.17, 15) is 4.79 Å². The molecule has 0 aliphatic heterocycles. The molecular formula is C13H16N2O. The fourth-order valence-electron chi connectivity index (χ4n) is 1.97. The van der Waals surface area contributed by atoms with Crippen molar-refractivity contribution in [3.05, 3.63) is 51.9 Å². The molecule has 1 aromatic carbocycles. The predicted octanol–water partition coefficient (Wildman–Crippen LogP) is 2.28. The van der Waals surface area contributed by atoms with Crippen LogP contribution < -0.4 is 5.56 Å². The van der Waals surface area contributed by atoms with Crippen LogP contribution in [0, 0.1) is 13.8 Å². The molecule has 3 nitrogen and oxygen atoms in total. The average Bonchev–Trinajstić information content (AvgIpc) is 2.54. The molecular weight excluding hydrogens is 200 g/mol. The molecule has 2 aromatic rings. The molecule has 0 aliphatic rings. The van der Waals surface area contributed by atoms with Crippen molar-refractivity contribution < 1.29 is 0 Å². The molecule has 84 valence electrons. The van der Waals surface area contributed by atoms with Crippen molar-refractivity contribution in [2.24, 2.45) is 0 Å². The Morgan fingerprint density at radius 2 is 1.75 bits per heavy atom. The van der Waals surface area contributed by atoms with Crippen LogP contribution in [0.1, 0.15) is 18.2 Å². The summed E-state index contributed by atoms with van der Waals surface area (Å²) in [6.45, 7) is 6.71. The van der Waals surface area contributed by atoms with Crippen molar-refractivity contribution in [1.29, 1.82) is 0 Å². The molecule has 1 heterocycles. The standard InChI is InChI=1S/C13H16N2O/c1-4-14-11(3)10(2)13(16)15(14)12-8-6-5-7-9-12/h5-9H,4H2,1-3H3. The molecule has 1 aromatic heterocycles. The zero-order chi connectivity index (χ0) is 11.7. The summed E-state index contributed by atoms with van der Waals surface area (Å²) < 4.78 is 3.75. The Balaban J connectivity index is 2.75. The van der Waals surface area contributed by atoms with Crippen LogP contribution in [-0.4, -0.2) is 9.36 Å². The number of hydrogen-bond acceptors (Lipinski definition) is 1. The van der Waals surface area contributed by atoms with E-state index in [0.29, 0.717) is 0 Å². The Bertz CT molecular complexity index is 549. The first kappa shape index (κ1) is 10.7. The van der Waals surface area contributed by atoms with Gasteiger partial charge in [0, 0.05) is 17.8 Å². The van der Waals surface area contributed by atoms with E-state index in [4.69, 9.17) is 0 Å². The molecule has 0 saturated carbocycles. The molecule has 0 spiro atoms. The zero-order valence-corrected chi connectivity index (χ0v) is 9.90. The van der Waals surface area contributed by atoms with Crippen LogP contribution in [0.15, 0.2) is 35.1 Å². The summed E-state index contributed by atoms with van der Waals surface area (Å²) in [7, 11) is 0. The molecule has 16 heavy (non-hydrogen) atoms. The fraction of sp³-hybridized carbons (Fsp3) is 0.308. The van der Waals surface area contributed by atoms with Gasteiger partial charge in [0.2, 0.25) is 0 Å². The summed E-state index contributed by atoms with van der Waals surface area (Å²) in [6, 6.07) is 9.74. The summed E-state index contributed by atoms with van der Waals surface area (Å²) in [4.78, 5) is 12.1. The number of nitrogens with zero attached hydrogens (tertiary/aromatic N) is 2. The average molecular weight is 216 g/mol. The maximum Gasteiger partial charge on any atom is 0.274 e. The van der Waals surface area contributed by atoms with Gasteiger partial charge in [0.25, 0.3) is 5.56 Å². The second kappa shape index (κ2) is 4.00. The van der Waals surface area contributed by atoms with Crippen molar-refractivity contribution in [1.82, 2.24) is 9.36 Å². The molecule has 0 saturated heterocycles. The van der Waals surface area contributed by atoms with E-state index < -0.39 is 0 Å². The lowest BCUT2D eigenvalue weighted by Crippen LogP contribution is -2.21. The Kier molecular flexibility index (Phi) is 2.69. The molecule has 0 radical (unpaired) electrons. The third-order valence-electron chi connectivity index (χ3n) is 2.98. The molecule has 3 heteroatoms. The fourth-order valence-corrected chi connectivity index (χ4v) is 1.97. The normalized spacial score (nSPS) is 10.7. The van der Waals surface area contributed by atoms with Gasteiger partial charge in [-0.3, -0.25) is 9.48 Å². The maximum absolute atomic E-state index is 12.1. The first-order valence-corrected chi connectivity index (χ1v) is 5.51. The monoisotopic (exact) mass is 216 g/mol. The summed E-state index contributed by atoms with van der Waals surface area (Å²) in [6.07, 6.45) is 0. The van der Waals surface area contributed by atoms with Crippen LogP contribution in [0.3, 0.4) is 0 Å². The lowest BCUT2D eigenvalue weighted by molar-refractivity contribution is 0.559. The smallest absolute Gasteiger partial charge is 0.274 e. The van der Waals surface area contributed by atoms with Gasteiger partial charge in [-0.1, -0.05) is 18.2 Å². The van der Waals surface area contributed by atoms with Crippen molar-refractivity contribution in [3.63, 3.8) is 0 Å². The quantitative estimate of drug-likeness (QED) is 0.756. The van der Waals surface area contributed by atoms with Gasteiger partial charge < -0.3 is 0 Å². The van der Waals surface area contributed by atoms with Crippen molar-refractivity contribution >= 4 is 0 Å². The number of para-hydroxylation sites is 1. The van der Waals surface area contributed by atoms with E-state index in [1.165, 1.54) is 0 Å². The van der Waals surface area contributed by atoms with Crippen LogP contribution >= 0.6 is 0 Å². The predicted molar refractivity (Wildman–Crippen MR) is 65.2 cm³/mol. The third-order valence-corrected chi connectivity index (χ3v) is 2.98. The second-order valence-corrected chi connectivity index (χ2v) is 3.88. The molecule has 0 atom stereocenters. The number of aromatic nitrogens is 2. The largest absolute Gasteiger partial charge is 0.282 e. The zero-order valence-electron chi connectivity index (χ0n) is 9.90. The van der Waals surface area contributed by atoms with E-state index in [1.807, 2.05) is 55.8 Å². The van der Waals surface area contributed by atoms with Gasteiger partial charge in [-0.15, -0.1) is 0 Å². The Hall–Kier alpha value is -1.77. The summed E-state index contributed by atoms with van der Waals surface area (Å²) in [5.74, 6) is 0. The van der Waals surface area contributed by atoms with Gasteiger partial charge in [-0.2, -0.15) is 0 Å². The van der Waals surface area contributed by atoms with Crippen LogP contribution in [0.25, 0.3) is 5.69 Å². The molecule has 0 bridgehead atoms. The first-order valence-electron chi connectivity index (χ1n) is 5.51. The van der Waals surface area contributed by atoms with Crippen molar-refractivity contribution in [3.8, 4) is 5.69 Å². The van der Waals surface area contributed by atoms with Crippen LogP contribution in [0.2, 0.25) is 0 Å². The Labute approximate surface area is 94.9 Å². The minimum absolute atomic E-state index is 0.0746. The van der Waals surface area contributed by atoms with Crippen LogP contribution in [0.5, 0.6) is 0 Å². The molecule has 0 N–H and O–H groups in total. The first-order chi connectivity index (χ1) is 7.66. The van der Waals surface area contributed by atoms with E-state index in [0.717, 1.165) is 23.5 Å². The lowest BCUT2D eigenvalue weighted by Gasteiger charge is -2.10. The lowest BCUT2D eigenvalue weighted by atomic mass is 10.3. The molecule has 0 aliphatic carbocycles. The SMILES string of the molecule is CCn1c(C)c(C)c(=O)n1-c1ccccc1. The molecule has 0 fully saturated rings. The number of hydrogen-bond donors (Lipinski definition) is 0. The Morgan fingerprint density at radius 3 is 2.31 bits per heavy atom. The molecule has 0 amide bonds. The highest BCUT2D eigenvalue weighted by Crippen LogP contribution is 2.10. The molecule has 0 unspecified atom stereocenters. The minimum atomic E-state index is 0.0746. The van der Waals surface area contributed by atoms with E-state index in [2.05, 4.69) is 0 Å². The van der Waals surface area contributed by atoms with Crippen LogP contribution in [-0.2, 0) is 6.54 Å². The number of rotatable bonds is 2. The summed E-state index contributed by atoms with van der Waals surface area (Å²) in [5.41, 5.74) is 2.86. The van der Waals surface area contributed by atoms with Crippen LogP contribution in [0.4, 0.5) is 0 Å².